The Kier molecular flexibility index (Phi) is 5.55. The van der Waals surface area contributed by atoms with Gasteiger partial charge in [0.15, 0.2) is 11.6 Å². The fourth-order valence-corrected chi connectivity index (χ4v) is 3.48. The molecule has 0 radical (unpaired) electrons. The van der Waals surface area contributed by atoms with Gasteiger partial charge in [-0.15, -0.1) is 0 Å². The van der Waals surface area contributed by atoms with Crippen molar-refractivity contribution >= 4 is 20.9 Å². The molecule has 1 atom stereocenters. The molecule has 0 N–H and O–H groups in total. The minimum Gasteiger partial charge on any atom is -0.744 e. The molecule has 0 aliphatic carbocycles. The summed E-state index contributed by atoms with van der Waals surface area (Å²) in [7, 11) is -5.78. The molecule has 0 fully saturated rings. The zero-order valence-corrected chi connectivity index (χ0v) is 16.1. The van der Waals surface area contributed by atoms with Gasteiger partial charge in [0.25, 0.3) is 0 Å². The largest absolute Gasteiger partial charge is 0.744 e. The van der Waals surface area contributed by atoms with Crippen molar-refractivity contribution in [1.29, 1.82) is 0 Å². The predicted octanol–water partition coefficient (Wildman–Crippen LogP) is 5.61. The second-order valence-electron chi connectivity index (χ2n) is 6.55. The number of benzene rings is 3. The van der Waals surface area contributed by atoms with Gasteiger partial charge in [0.2, 0.25) is 17.4 Å². The molecule has 1 unspecified atom stereocenters. The van der Waals surface area contributed by atoms with Crippen molar-refractivity contribution in [2.45, 2.75) is 31.1 Å². The van der Waals surface area contributed by atoms with E-state index in [-0.39, 0.29) is 5.75 Å². The molecule has 154 valence electrons. The van der Waals surface area contributed by atoms with Gasteiger partial charge in [0.05, 0.1) is 0 Å². The summed E-state index contributed by atoms with van der Waals surface area (Å²) in [6, 6.07) is 9.95. The molecule has 0 aliphatic rings. The quantitative estimate of drug-likeness (QED) is 0.302. The van der Waals surface area contributed by atoms with Gasteiger partial charge in [-0.3, -0.25) is 0 Å². The van der Waals surface area contributed by atoms with Crippen LogP contribution >= 0.6 is 0 Å². The van der Waals surface area contributed by atoms with E-state index >= 15 is 0 Å². The predicted molar refractivity (Wildman–Crippen MR) is 97.0 cm³/mol. The van der Waals surface area contributed by atoms with Crippen molar-refractivity contribution in [1.82, 2.24) is 0 Å². The first-order valence-corrected chi connectivity index (χ1v) is 9.98. The van der Waals surface area contributed by atoms with Gasteiger partial charge in [-0.2, -0.15) is 8.78 Å². The zero-order valence-electron chi connectivity index (χ0n) is 15.3. The van der Waals surface area contributed by atoms with Crippen LogP contribution in [-0.4, -0.2) is 13.0 Å². The summed E-state index contributed by atoms with van der Waals surface area (Å²) in [6.07, 6.45) is 0.942. The summed E-state index contributed by atoms with van der Waals surface area (Å²) in [5, 5.41) is 1.47. The summed E-state index contributed by atoms with van der Waals surface area (Å²) in [5.74, 6) is -10.2. The second-order valence-corrected chi connectivity index (χ2v) is 7.86. The molecule has 0 amide bonds. The molecule has 0 saturated heterocycles. The van der Waals surface area contributed by atoms with Gasteiger partial charge < -0.3 is 9.29 Å². The smallest absolute Gasteiger partial charge is 0.205 e. The molecule has 0 spiro atoms. The van der Waals surface area contributed by atoms with Crippen LogP contribution in [0, 0.1) is 23.3 Å². The molecule has 9 heteroatoms. The SMILES string of the molecule is CCC(C)c1ccc2cc(Oc3c(F)c(F)c(S(=O)(=O)[O-])c(F)c3F)ccc2c1. The van der Waals surface area contributed by atoms with Crippen molar-refractivity contribution < 1.29 is 35.3 Å². The van der Waals surface area contributed by atoms with E-state index in [4.69, 9.17) is 4.74 Å². The third-order valence-corrected chi connectivity index (χ3v) is 5.53. The number of rotatable bonds is 5. The van der Waals surface area contributed by atoms with Crippen molar-refractivity contribution in [2.24, 2.45) is 0 Å². The highest BCUT2D eigenvalue weighted by molar-refractivity contribution is 7.85. The summed E-state index contributed by atoms with van der Waals surface area (Å²) in [5.41, 5.74) is 1.10. The fourth-order valence-electron chi connectivity index (χ4n) is 2.87. The van der Waals surface area contributed by atoms with E-state index in [1.807, 2.05) is 12.1 Å². The standard InChI is InChI=1S/C20H16F4O4S/c1-3-10(2)11-4-5-13-9-14(7-6-12(13)8-11)28-19-15(21)17(23)20(29(25,26)27)18(24)16(19)22/h4-10H,3H2,1-2H3,(H,25,26,27)/p-1. The Balaban J connectivity index is 2.05. The Bertz CT molecular complexity index is 1180. The van der Waals surface area contributed by atoms with Gasteiger partial charge in [0, 0.05) is 0 Å². The Morgan fingerprint density at radius 1 is 0.931 bits per heavy atom. The average molecular weight is 427 g/mol. The van der Waals surface area contributed by atoms with E-state index in [0.29, 0.717) is 11.3 Å². The topological polar surface area (TPSA) is 66.4 Å². The highest BCUT2D eigenvalue weighted by Gasteiger charge is 2.30. The number of hydrogen-bond donors (Lipinski definition) is 0. The van der Waals surface area contributed by atoms with Crippen LogP contribution in [0.3, 0.4) is 0 Å². The van der Waals surface area contributed by atoms with Crippen molar-refractivity contribution in [3.8, 4) is 11.5 Å². The first-order valence-electron chi connectivity index (χ1n) is 8.58. The summed E-state index contributed by atoms with van der Waals surface area (Å²) in [6.45, 7) is 4.12. The molecule has 3 aromatic rings. The van der Waals surface area contributed by atoms with E-state index in [9.17, 15) is 30.5 Å². The molecular weight excluding hydrogens is 412 g/mol. The van der Waals surface area contributed by atoms with Crippen LogP contribution in [0.4, 0.5) is 17.6 Å². The van der Waals surface area contributed by atoms with Crippen LogP contribution < -0.4 is 4.74 Å². The molecule has 0 heterocycles. The Hall–Kier alpha value is -2.65. The average Bonchev–Trinajstić information content (AvgIpc) is 2.67. The highest BCUT2D eigenvalue weighted by Crippen LogP contribution is 2.36. The van der Waals surface area contributed by atoms with Gasteiger partial charge in [-0.05, 0) is 40.8 Å². The Labute approximate surface area is 164 Å². The molecular formula is C20H15F4O4S-. The van der Waals surface area contributed by atoms with E-state index in [1.165, 1.54) is 12.1 Å². The number of ether oxygens (including phenoxy) is 1. The lowest BCUT2D eigenvalue weighted by molar-refractivity contribution is 0.346. The zero-order chi connectivity index (χ0) is 21.5. The summed E-state index contributed by atoms with van der Waals surface area (Å²) >= 11 is 0. The van der Waals surface area contributed by atoms with Crippen LogP contribution in [0.2, 0.25) is 0 Å². The van der Waals surface area contributed by atoms with Crippen LogP contribution in [0.5, 0.6) is 11.5 Å². The molecule has 0 bridgehead atoms. The van der Waals surface area contributed by atoms with Gasteiger partial charge in [-0.1, -0.05) is 38.1 Å². The fraction of sp³-hybridized carbons (Fsp3) is 0.200. The Morgan fingerprint density at radius 3 is 2.03 bits per heavy atom. The molecule has 0 saturated carbocycles. The molecule has 0 aromatic heterocycles. The molecule has 29 heavy (non-hydrogen) atoms. The summed E-state index contributed by atoms with van der Waals surface area (Å²) < 4.78 is 93.5. The molecule has 4 nitrogen and oxygen atoms in total. The number of hydrogen-bond acceptors (Lipinski definition) is 4. The minimum absolute atomic E-state index is 0.136. The Morgan fingerprint density at radius 2 is 1.48 bits per heavy atom. The minimum atomic E-state index is -5.78. The van der Waals surface area contributed by atoms with Crippen LogP contribution in [0.15, 0.2) is 41.3 Å². The first kappa shape index (κ1) is 21.1. The molecule has 0 aliphatic heterocycles. The van der Waals surface area contributed by atoms with Crippen molar-refractivity contribution in [3.05, 3.63) is 65.2 Å². The van der Waals surface area contributed by atoms with E-state index < -0.39 is 44.0 Å². The lowest BCUT2D eigenvalue weighted by Crippen LogP contribution is -2.11. The van der Waals surface area contributed by atoms with E-state index in [1.54, 1.807) is 12.1 Å². The van der Waals surface area contributed by atoms with Crippen molar-refractivity contribution in [3.63, 3.8) is 0 Å². The lowest BCUT2D eigenvalue weighted by Gasteiger charge is -2.15. The monoisotopic (exact) mass is 427 g/mol. The second kappa shape index (κ2) is 7.64. The molecule has 3 rings (SSSR count). The van der Waals surface area contributed by atoms with Crippen LogP contribution in [0.25, 0.3) is 10.8 Å². The maximum absolute atomic E-state index is 14.1. The maximum atomic E-state index is 14.1. The number of fused-ring (bicyclic) bond motifs is 1. The van der Waals surface area contributed by atoms with Gasteiger partial charge in [0.1, 0.15) is 20.8 Å². The van der Waals surface area contributed by atoms with E-state index in [2.05, 4.69) is 13.8 Å². The van der Waals surface area contributed by atoms with Gasteiger partial charge >= 0.3 is 0 Å². The normalized spacial score (nSPS) is 12.9. The molecule has 3 aromatic carbocycles. The maximum Gasteiger partial charge on any atom is 0.205 e. The summed E-state index contributed by atoms with van der Waals surface area (Å²) in [4.78, 5) is -2.23. The number of halogens is 4. The lowest BCUT2D eigenvalue weighted by atomic mass is 9.96. The van der Waals surface area contributed by atoms with Crippen molar-refractivity contribution in [2.75, 3.05) is 0 Å². The highest BCUT2D eigenvalue weighted by atomic mass is 32.2. The third-order valence-electron chi connectivity index (χ3n) is 4.67. The first-order chi connectivity index (χ1) is 13.5. The van der Waals surface area contributed by atoms with Crippen LogP contribution in [0.1, 0.15) is 31.7 Å². The van der Waals surface area contributed by atoms with E-state index in [0.717, 1.165) is 17.4 Å². The third kappa shape index (κ3) is 3.92. The van der Waals surface area contributed by atoms with Crippen LogP contribution in [-0.2, 0) is 10.1 Å². The van der Waals surface area contributed by atoms with Gasteiger partial charge in [-0.25, -0.2) is 17.2 Å².